The Labute approximate surface area is 222 Å². The van der Waals surface area contributed by atoms with E-state index in [-0.39, 0.29) is 0 Å². The first-order valence-electron chi connectivity index (χ1n) is 13.1. The number of benzene rings is 6. The number of aromatic nitrogens is 2. The molecule has 0 N–H and O–H groups in total. The van der Waals surface area contributed by atoms with Crippen LogP contribution in [-0.4, -0.2) is 9.55 Å². The van der Waals surface area contributed by atoms with Crippen molar-refractivity contribution in [3.63, 3.8) is 0 Å². The first-order chi connectivity index (χ1) is 19.3. The van der Waals surface area contributed by atoms with E-state index in [1.165, 1.54) is 21.5 Å². The van der Waals surface area contributed by atoms with E-state index < -0.39 is 0 Å². The third-order valence-electron chi connectivity index (χ3n) is 7.81. The van der Waals surface area contributed by atoms with E-state index in [1.54, 1.807) is 0 Å². The Morgan fingerprint density at radius 2 is 1.26 bits per heavy atom. The Morgan fingerprint density at radius 3 is 2.13 bits per heavy atom. The van der Waals surface area contributed by atoms with Crippen molar-refractivity contribution in [2.24, 2.45) is 0 Å². The van der Waals surface area contributed by atoms with Gasteiger partial charge in [-0.2, -0.15) is 4.98 Å². The molecule has 0 amide bonds. The highest BCUT2D eigenvalue weighted by atomic mass is 16.4. The normalized spacial score (nSPS) is 12.1. The maximum atomic E-state index is 6.64. The van der Waals surface area contributed by atoms with Crippen molar-refractivity contribution in [1.29, 1.82) is 0 Å². The van der Waals surface area contributed by atoms with Gasteiger partial charge in [-0.25, -0.2) is 0 Å². The number of nitrogens with zero attached hydrogens (tertiary/aromatic N) is 2. The number of para-hydroxylation sites is 2. The Morgan fingerprint density at radius 1 is 0.538 bits per heavy atom. The summed E-state index contributed by atoms with van der Waals surface area (Å²) >= 11 is 0. The quantitative estimate of drug-likeness (QED) is 0.237. The van der Waals surface area contributed by atoms with Crippen LogP contribution in [0.4, 0.5) is 0 Å². The molecule has 39 heavy (non-hydrogen) atoms. The maximum Gasteiger partial charge on any atom is 0.307 e. The fraction of sp³-hybridized carbons (Fsp3) is 0. The smallest absolute Gasteiger partial charge is 0.307 e. The molecule has 0 bridgehead atoms. The van der Waals surface area contributed by atoms with Crippen LogP contribution < -0.4 is 0 Å². The summed E-state index contributed by atoms with van der Waals surface area (Å²) in [5, 5.41) is 6.75. The first-order valence-corrected chi connectivity index (χ1v) is 13.1. The zero-order valence-corrected chi connectivity index (χ0v) is 20.8. The minimum atomic E-state index is 0.545. The van der Waals surface area contributed by atoms with Crippen LogP contribution >= 0.6 is 0 Å². The van der Waals surface area contributed by atoms with Gasteiger partial charge in [0.15, 0.2) is 5.58 Å². The molecule has 3 aromatic heterocycles. The maximum absolute atomic E-state index is 6.64. The van der Waals surface area contributed by atoms with Gasteiger partial charge in [-0.05, 0) is 46.7 Å². The summed E-state index contributed by atoms with van der Waals surface area (Å²) < 4.78 is 15.2. The molecule has 0 saturated heterocycles. The molecule has 3 heterocycles. The van der Waals surface area contributed by atoms with Gasteiger partial charge < -0.3 is 8.83 Å². The Kier molecular flexibility index (Phi) is 4.02. The third-order valence-corrected chi connectivity index (χ3v) is 7.81. The molecule has 0 atom stereocenters. The lowest BCUT2D eigenvalue weighted by atomic mass is 10.0. The average Bonchev–Trinajstić information content (AvgIpc) is 3.67. The van der Waals surface area contributed by atoms with Crippen molar-refractivity contribution in [3.05, 3.63) is 121 Å². The SMILES string of the molecule is c1ccc(-c2cc3oc(-n4c5ccccc5c5cc6ccccc6cc54)nc3c3c2oc2ccccc23)cc1. The fourth-order valence-corrected chi connectivity index (χ4v) is 6.05. The fourth-order valence-electron chi connectivity index (χ4n) is 6.05. The molecule has 4 nitrogen and oxygen atoms in total. The highest BCUT2D eigenvalue weighted by Gasteiger charge is 2.22. The van der Waals surface area contributed by atoms with Gasteiger partial charge in [-0.15, -0.1) is 0 Å². The molecule has 0 fully saturated rings. The lowest BCUT2D eigenvalue weighted by Crippen LogP contribution is -1.93. The number of oxazole rings is 1. The number of hydrogen-bond acceptors (Lipinski definition) is 3. The Hall–Kier alpha value is -5.35. The van der Waals surface area contributed by atoms with Crippen molar-refractivity contribution < 1.29 is 8.83 Å². The zero-order valence-electron chi connectivity index (χ0n) is 20.8. The summed E-state index contributed by atoms with van der Waals surface area (Å²) in [6.07, 6.45) is 0. The number of fused-ring (bicyclic) bond motifs is 9. The molecule has 0 saturated carbocycles. The van der Waals surface area contributed by atoms with Crippen LogP contribution in [0.15, 0.2) is 130 Å². The summed E-state index contributed by atoms with van der Waals surface area (Å²) in [6, 6.07) is 42.5. The molecule has 4 heteroatoms. The minimum Gasteiger partial charge on any atom is -0.455 e. The monoisotopic (exact) mass is 500 g/mol. The second-order valence-corrected chi connectivity index (χ2v) is 10.0. The van der Waals surface area contributed by atoms with Crippen LogP contribution in [-0.2, 0) is 0 Å². The molecule has 9 rings (SSSR count). The standard InChI is InChI=1S/C35H20N2O2/c1-2-10-21(11-3-1)26-20-31-33(32-25-15-7-9-17-30(25)38-34(26)32)36-35(39-31)37-28-16-8-6-14-24(28)27-18-22-12-4-5-13-23(22)19-29(27)37/h1-20H. The van der Waals surface area contributed by atoms with E-state index in [0.29, 0.717) is 6.01 Å². The van der Waals surface area contributed by atoms with Crippen LogP contribution in [0.3, 0.4) is 0 Å². The highest BCUT2D eigenvalue weighted by Crippen LogP contribution is 2.42. The number of furan rings is 1. The van der Waals surface area contributed by atoms with Crippen LogP contribution in [0.5, 0.6) is 0 Å². The van der Waals surface area contributed by atoms with Gasteiger partial charge in [-0.1, -0.05) is 91.0 Å². The Bertz CT molecular complexity index is 2390. The van der Waals surface area contributed by atoms with Crippen LogP contribution in [0.1, 0.15) is 0 Å². The summed E-state index contributed by atoms with van der Waals surface area (Å²) in [7, 11) is 0. The predicted molar refractivity (Wildman–Crippen MR) is 159 cm³/mol. The van der Waals surface area contributed by atoms with Gasteiger partial charge in [0.05, 0.1) is 16.4 Å². The van der Waals surface area contributed by atoms with Crippen molar-refractivity contribution >= 4 is 65.6 Å². The summed E-state index contributed by atoms with van der Waals surface area (Å²) in [6.45, 7) is 0. The van der Waals surface area contributed by atoms with Gasteiger partial charge in [0, 0.05) is 21.7 Å². The van der Waals surface area contributed by atoms with E-state index in [1.807, 2.05) is 36.4 Å². The molecular weight excluding hydrogens is 480 g/mol. The van der Waals surface area contributed by atoms with Gasteiger partial charge in [0.1, 0.15) is 16.7 Å². The van der Waals surface area contributed by atoms with E-state index in [9.17, 15) is 0 Å². The van der Waals surface area contributed by atoms with Crippen LogP contribution in [0.25, 0.3) is 82.8 Å². The topological polar surface area (TPSA) is 44.1 Å². The van der Waals surface area contributed by atoms with Crippen molar-refractivity contribution in [3.8, 4) is 17.1 Å². The van der Waals surface area contributed by atoms with Crippen LogP contribution in [0.2, 0.25) is 0 Å². The summed E-state index contributed by atoms with van der Waals surface area (Å²) in [4.78, 5) is 5.16. The average molecular weight is 501 g/mol. The first kappa shape index (κ1) is 20.7. The molecule has 0 aliphatic carbocycles. The zero-order chi connectivity index (χ0) is 25.5. The number of rotatable bonds is 2. The van der Waals surface area contributed by atoms with Crippen molar-refractivity contribution in [2.45, 2.75) is 0 Å². The van der Waals surface area contributed by atoms with E-state index in [2.05, 4.69) is 89.5 Å². The van der Waals surface area contributed by atoms with E-state index in [0.717, 1.165) is 55.2 Å². The molecule has 0 unspecified atom stereocenters. The molecule has 182 valence electrons. The minimum absolute atomic E-state index is 0.545. The van der Waals surface area contributed by atoms with Gasteiger partial charge >= 0.3 is 6.01 Å². The largest absolute Gasteiger partial charge is 0.455 e. The molecule has 0 spiro atoms. The number of hydrogen-bond donors (Lipinski definition) is 0. The van der Waals surface area contributed by atoms with Gasteiger partial charge in [0.2, 0.25) is 0 Å². The molecular formula is C35H20N2O2. The second-order valence-electron chi connectivity index (χ2n) is 10.0. The van der Waals surface area contributed by atoms with Gasteiger partial charge in [-0.3, -0.25) is 4.57 Å². The Balaban J connectivity index is 1.43. The molecule has 0 aliphatic rings. The third kappa shape index (κ3) is 2.85. The lowest BCUT2D eigenvalue weighted by Gasteiger charge is -2.03. The summed E-state index contributed by atoms with van der Waals surface area (Å²) in [5.74, 6) is 0. The van der Waals surface area contributed by atoms with E-state index in [4.69, 9.17) is 13.8 Å². The van der Waals surface area contributed by atoms with Crippen molar-refractivity contribution in [2.75, 3.05) is 0 Å². The predicted octanol–water partition coefficient (Wildman–Crippen LogP) is 9.64. The molecule has 9 aromatic rings. The highest BCUT2D eigenvalue weighted by molar-refractivity contribution is 6.21. The van der Waals surface area contributed by atoms with Crippen LogP contribution in [0, 0.1) is 0 Å². The molecule has 0 radical (unpaired) electrons. The van der Waals surface area contributed by atoms with Gasteiger partial charge in [0.25, 0.3) is 0 Å². The van der Waals surface area contributed by atoms with Crippen molar-refractivity contribution in [1.82, 2.24) is 9.55 Å². The molecule has 6 aromatic carbocycles. The summed E-state index contributed by atoms with van der Waals surface area (Å²) in [5.41, 5.74) is 7.39. The molecule has 0 aliphatic heterocycles. The lowest BCUT2D eigenvalue weighted by molar-refractivity contribution is 0.574. The second kappa shape index (κ2) is 7.59. The van der Waals surface area contributed by atoms with E-state index >= 15 is 0 Å².